The summed E-state index contributed by atoms with van der Waals surface area (Å²) in [5.41, 5.74) is 6.39. The number of aromatic nitrogens is 1. The minimum absolute atomic E-state index is 0.0368. The lowest BCUT2D eigenvalue weighted by Gasteiger charge is -2.25. The average Bonchev–Trinajstić information content (AvgIpc) is 3.33. The summed E-state index contributed by atoms with van der Waals surface area (Å²) >= 11 is 0. The summed E-state index contributed by atoms with van der Waals surface area (Å²) in [4.78, 5) is 29.9. The largest absolute Gasteiger partial charge is 0.418 e. The molecule has 2 heterocycles. The summed E-state index contributed by atoms with van der Waals surface area (Å²) in [6.45, 7) is 2.29. The average molecular weight is 513 g/mol. The van der Waals surface area contributed by atoms with Crippen LogP contribution in [-0.2, 0) is 22.3 Å². The molecule has 1 aromatic heterocycles. The van der Waals surface area contributed by atoms with Crippen LogP contribution in [-0.4, -0.2) is 29.9 Å². The van der Waals surface area contributed by atoms with Gasteiger partial charge in [-0.05, 0) is 49.2 Å². The van der Waals surface area contributed by atoms with Crippen LogP contribution in [0, 0.1) is 12.3 Å². The van der Waals surface area contributed by atoms with E-state index < -0.39 is 17.2 Å². The second-order valence-electron chi connectivity index (χ2n) is 9.24. The molecule has 2 aromatic carbocycles. The van der Waals surface area contributed by atoms with Gasteiger partial charge in [-0.15, -0.1) is 0 Å². The van der Waals surface area contributed by atoms with Crippen molar-refractivity contribution in [3.8, 4) is 0 Å². The van der Waals surface area contributed by atoms with Crippen molar-refractivity contribution in [3.63, 3.8) is 0 Å². The summed E-state index contributed by atoms with van der Waals surface area (Å²) < 4.78 is 45.7. The van der Waals surface area contributed by atoms with Crippen LogP contribution in [0.15, 0.2) is 60.9 Å². The Morgan fingerprint density at radius 2 is 1.86 bits per heavy atom. The molecule has 194 valence electrons. The molecule has 10 heteroatoms. The van der Waals surface area contributed by atoms with Crippen LogP contribution >= 0.6 is 0 Å². The summed E-state index contributed by atoms with van der Waals surface area (Å²) in [6, 6.07) is 12.4. The maximum absolute atomic E-state index is 13.4. The minimum atomic E-state index is -4.48. The van der Waals surface area contributed by atoms with E-state index in [2.05, 4.69) is 15.6 Å². The van der Waals surface area contributed by atoms with Crippen LogP contribution in [0.3, 0.4) is 0 Å². The zero-order valence-corrected chi connectivity index (χ0v) is 20.2. The third-order valence-corrected chi connectivity index (χ3v) is 6.33. The fourth-order valence-corrected chi connectivity index (χ4v) is 4.26. The highest BCUT2D eigenvalue weighted by atomic mass is 19.4. The Balaban J connectivity index is 1.40. The van der Waals surface area contributed by atoms with Crippen molar-refractivity contribution in [1.82, 2.24) is 10.3 Å². The monoisotopic (exact) mass is 512 g/mol. The number of amides is 1. The fraction of sp³-hybridized carbons (Fsp3) is 0.296. The van der Waals surface area contributed by atoms with Gasteiger partial charge in [-0.3, -0.25) is 14.6 Å². The van der Waals surface area contributed by atoms with E-state index >= 15 is 0 Å². The summed E-state index contributed by atoms with van der Waals surface area (Å²) in [6.07, 6.45) is -1.26. The number of carbonyl (C=O) groups excluding carboxylic acids is 2. The van der Waals surface area contributed by atoms with Crippen molar-refractivity contribution >= 4 is 28.8 Å². The quantitative estimate of drug-likeness (QED) is 0.366. The number of hydrogen-bond donors (Lipinski definition) is 3. The van der Waals surface area contributed by atoms with E-state index in [1.54, 1.807) is 37.3 Å². The topological polar surface area (TPSA) is 106 Å². The Hall–Kier alpha value is -3.92. The standard InChI is InChI=1S/C27H27F3N4O3/c1-17-2-7-23(22(10-17)27(28,29)30)34-21-5-3-18(4-6-21)13-33-25(36)26(8-9-37-16-26)12-24(35)19-11-20(31)15-32-14-19/h2-7,10-11,14-15,34H,8-9,12-13,16,31H2,1H3,(H,33,36)/t26-/m0/s1. The van der Waals surface area contributed by atoms with Gasteiger partial charge in [0.1, 0.15) is 0 Å². The van der Waals surface area contributed by atoms with E-state index in [1.165, 1.54) is 24.5 Å². The Bertz CT molecular complexity index is 1290. The lowest BCUT2D eigenvalue weighted by Crippen LogP contribution is -2.42. The van der Waals surface area contributed by atoms with E-state index in [4.69, 9.17) is 10.5 Å². The van der Waals surface area contributed by atoms with Crippen LogP contribution in [0.5, 0.6) is 0 Å². The predicted molar refractivity (Wildman–Crippen MR) is 133 cm³/mol. The molecule has 1 fully saturated rings. The maximum Gasteiger partial charge on any atom is 0.418 e. The van der Waals surface area contributed by atoms with Crippen molar-refractivity contribution in [2.45, 2.75) is 32.5 Å². The van der Waals surface area contributed by atoms with E-state index in [0.717, 1.165) is 11.6 Å². The van der Waals surface area contributed by atoms with Gasteiger partial charge in [-0.1, -0.05) is 23.8 Å². The van der Waals surface area contributed by atoms with E-state index in [1.807, 2.05) is 0 Å². The van der Waals surface area contributed by atoms with Gasteiger partial charge in [0, 0.05) is 43.2 Å². The first kappa shape index (κ1) is 26.2. The van der Waals surface area contributed by atoms with Crippen molar-refractivity contribution < 1.29 is 27.5 Å². The van der Waals surface area contributed by atoms with E-state index in [0.29, 0.717) is 35.5 Å². The fourth-order valence-electron chi connectivity index (χ4n) is 4.26. The number of nitrogens with one attached hydrogen (secondary N) is 2. The first-order chi connectivity index (χ1) is 17.6. The number of nitrogens with zero attached hydrogens (tertiary/aromatic N) is 1. The minimum Gasteiger partial charge on any atom is -0.397 e. The molecule has 1 saturated heterocycles. The molecule has 4 N–H and O–H groups in total. The second-order valence-corrected chi connectivity index (χ2v) is 9.24. The molecule has 0 aliphatic carbocycles. The number of alkyl halides is 3. The van der Waals surface area contributed by atoms with Gasteiger partial charge in [-0.2, -0.15) is 13.2 Å². The number of pyridine rings is 1. The molecule has 1 amide bonds. The number of hydrogen-bond acceptors (Lipinski definition) is 6. The number of halogens is 3. The van der Waals surface area contributed by atoms with Gasteiger partial charge in [0.05, 0.1) is 29.0 Å². The summed E-state index contributed by atoms with van der Waals surface area (Å²) in [5, 5.41) is 5.69. The zero-order chi connectivity index (χ0) is 26.6. The van der Waals surface area contributed by atoms with Crippen molar-refractivity contribution in [1.29, 1.82) is 0 Å². The third-order valence-electron chi connectivity index (χ3n) is 6.33. The number of ketones is 1. The molecule has 7 nitrogen and oxygen atoms in total. The zero-order valence-electron chi connectivity index (χ0n) is 20.2. The Kier molecular flexibility index (Phi) is 7.49. The molecule has 0 saturated carbocycles. The lowest BCUT2D eigenvalue weighted by molar-refractivity contribution is -0.137. The highest BCUT2D eigenvalue weighted by Crippen LogP contribution is 2.37. The van der Waals surface area contributed by atoms with Gasteiger partial charge in [0.2, 0.25) is 5.91 Å². The Morgan fingerprint density at radius 3 is 2.51 bits per heavy atom. The summed E-state index contributed by atoms with van der Waals surface area (Å²) in [7, 11) is 0. The second kappa shape index (κ2) is 10.6. The number of nitrogens with two attached hydrogens (primary N) is 1. The molecular formula is C27H27F3N4O3. The molecule has 4 rings (SSSR count). The molecule has 37 heavy (non-hydrogen) atoms. The molecule has 1 aliphatic rings. The van der Waals surface area contributed by atoms with Crippen molar-refractivity contribution in [2.75, 3.05) is 24.3 Å². The smallest absolute Gasteiger partial charge is 0.397 e. The van der Waals surface area contributed by atoms with Crippen LogP contribution in [0.4, 0.5) is 30.2 Å². The number of nitrogen functional groups attached to an aromatic ring is 1. The molecule has 0 bridgehead atoms. The number of carbonyl (C=O) groups is 2. The number of ether oxygens (including phenoxy) is 1. The van der Waals surface area contributed by atoms with Crippen LogP contribution in [0.2, 0.25) is 0 Å². The van der Waals surface area contributed by atoms with E-state index in [-0.39, 0.29) is 37.0 Å². The van der Waals surface area contributed by atoms with Crippen molar-refractivity contribution in [2.24, 2.45) is 5.41 Å². The van der Waals surface area contributed by atoms with Crippen molar-refractivity contribution in [3.05, 3.63) is 83.2 Å². The van der Waals surface area contributed by atoms with Crippen LogP contribution in [0.25, 0.3) is 0 Å². The van der Waals surface area contributed by atoms with Gasteiger partial charge in [0.25, 0.3) is 0 Å². The highest BCUT2D eigenvalue weighted by Gasteiger charge is 2.44. The SMILES string of the molecule is Cc1ccc(Nc2ccc(CNC(=O)[C@]3(CC(=O)c4cncc(N)c4)CCOC3)cc2)c(C(F)(F)F)c1. The molecule has 0 radical (unpaired) electrons. The highest BCUT2D eigenvalue weighted by molar-refractivity contribution is 6.00. The molecule has 0 unspecified atom stereocenters. The summed E-state index contributed by atoms with van der Waals surface area (Å²) in [5.74, 6) is -0.544. The molecular weight excluding hydrogens is 485 g/mol. The molecule has 1 aliphatic heterocycles. The first-order valence-corrected chi connectivity index (χ1v) is 11.7. The van der Waals surface area contributed by atoms with Gasteiger partial charge < -0.3 is 21.1 Å². The molecule has 3 aromatic rings. The molecule has 1 atom stereocenters. The van der Waals surface area contributed by atoms with E-state index in [9.17, 15) is 22.8 Å². The lowest BCUT2D eigenvalue weighted by atomic mass is 9.80. The number of aryl methyl sites for hydroxylation is 1. The van der Waals surface area contributed by atoms with Gasteiger partial charge >= 0.3 is 6.18 Å². The Labute approximate surface area is 212 Å². The Morgan fingerprint density at radius 1 is 1.11 bits per heavy atom. The van der Waals surface area contributed by atoms with Crippen LogP contribution in [0.1, 0.15) is 39.9 Å². The number of anilines is 3. The maximum atomic E-state index is 13.4. The number of benzene rings is 2. The predicted octanol–water partition coefficient (Wildman–Crippen LogP) is 5.03. The van der Waals surface area contributed by atoms with Gasteiger partial charge in [0.15, 0.2) is 5.78 Å². The first-order valence-electron chi connectivity index (χ1n) is 11.7. The third kappa shape index (κ3) is 6.26. The van der Waals surface area contributed by atoms with Gasteiger partial charge in [-0.25, -0.2) is 0 Å². The molecule has 0 spiro atoms. The number of Topliss-reactive ketones (excluding diaryl/α,β-unsaturated/α-hetero) is 1. The number of rotatable bonds is 8. The van der Waals surface area contributed by atoms with Crippen LogP contribution < -0.4 is 16.4 Å². The normalized spacial score (nSPS) is 17.4.